The van der Waals surface area contributed by atoms with Gasteiger partial charge in [-0.25, -0.2) is 4.79 Å². The maximum Gasteiger partial charge on any atom is 0.332 e. The number of ether oxygens (including phenoxy) is 1. The maximum absolute atomic E-state index is 12.7. The molecule has 0 spiro atoms. The number of nitro groups is 1. The molecule has 25 heavy (non-hydrogen) atoms. The number of nitrogens with two attached hydrogens (primary N) is 1. The number of nitrogen functional groups attached to an aromatic ring is 1. The van der Waals surface area contributed by atoms with E-state index in [0.29, 0.717) is 11.3 Å². The Bertz CT molecular complexity index is 931. The molecule has 0 unspecified atom stereocenters. The van der Waals surface area contributed by atoms with Gasteiger partial charge < -0.3 is 10.5 Å². The maximum atomic E-state index is 12.7. The summed E-state index contributed by atoms with van der Waals surface area (Å²) in [6.45, 7) is 1.40. The van der Waals surface area contributed by atoms with Crippen LogP contribution in [0.1, 0.15) is 24.0 Å². The summed E-state index contributed by atoms with van der Waals surface area (Å²) in [7, 11) is 4.21. The van der Waals surface area contributed by atoms with Gasteiger partial charge in [0.15, 0.2) is 0 Å². The van der Waals surface area contributed by atoms with Crippen LogP contribution in [-0.4, -0.2) is 27.2 Å². The number of hydrogen-bond donors (Lipinski definition) is 1. The van der Waals surface area contributed by atoms with E-state index in [1.54, 1.807) is 24.3 Å². The second-order valence-corrected chi connectivity index (χ2v) is 5.78. The summed E-state index contributed by atoms with van der Waals surface area (Å²) in [6, 6.07) is 5.52. The molecule has 9 heteroatoms. The molecule has 2 N–H and O–H groups in total. The van der Waals surface area contributed by atoms with E-state index >= 15 is 0 Å². The molecule has 0 aliphatic rings. The Morgan fingerprint density at radius 2 is 1.88 bits per heavy atom. The Kier molecular flexibility index (Phi) is 4.96. The van der Waals surface area contributed by atoms with Crippen molar-refractivity contribution in [2.45, 2.75) is 18.9 Å². The molecule has 1 heterocycles. The van der Waals surface area contributed by atoms with Crippen molar-refractivity contribution in [2.24, 2.45) is 14.1 Å². The average molecular weight is 348 g/mol. The van der Waals surface area contributed by atoms with Gasteiger partial charge in [0.1, 0.15) is 11.6 Å². The topological polar surface area (TPSA) is 122 Å². The number of hydrogen-bond acceptors (Lipinski definition) is 6. The first-order valence-corrected chi connectivity index (χ1v) is 7.53. The molecule has 1 aromatic heterocycles. The van der Waals surface area contributed by atoms with E-state index in [9.17, 15) is 19.7 Å². The normalized spacial score (nSPS) is 13.3. The standard InChI is InChI=1S/C16H20N4O5/c1-9(20(23)24)12(10-6-5-7-11(8-10)25-4)13-14(17)18(2)16(22)19(3)15(13)21/h5-9,12H,17H2,1-4H3/t9-,12-/m1/s1. The minimum Gasteiger partial charge on any atom is -0.497 e. The molecule has 0 aliphatic heterocycles. The van der Waals surface area contributed by atoms with Crippen LogP contribution in [0.15, 0.2) is 33.9 Å². The van der Waals surface area contributed by atoms with Crippen molar-refractivity contribution in [1.29, 1.82) is 0 Å². The van der Waals surface area contributed by atoms with E-state index in [0.717, 1.165) is 9.13 Å². The van der Waals surface area contributed by atoms with Crippen LogP contribution in [0, 0.1) is 10.1 Å². The third-order valence-corrected chi connectivity index (χ3v) is 4.33. The molecule has 134 valence electrons. The fourth-order valence-electron chi connectivity index (χ4n) is 2.82. The molecule has 1 aromatic carbocycles. The lowest BCUT2D eigenvalue weighted by molar-refractivity contribution is -0.520. The molecule has 0 saturated heterocycles. The van der Waals surface area contributed by atoms with E-state index in [1.165, 1.54) is 28.1 Å². The smallest absolute Gasteiger partial charge is 0.332 e. The lowest BCUT2D eigenvalue weighted by Crippen LogP contribution is -2.43. The monoisotopic (exact) mass is 348 g/mol. The van der Waals surface area contributed by atoms with E-state index in [4.69, 9.17) is 10.5 Å². The summed E-state index contributed by atoms with van der Waals surface area (Å²) in [6.07, 6.45) is 0. The molecule has 0 aliphatic carbocycles. The van der Waals surface area contributed by atoms with Crippen LogP contribution < -0.4 is 21.7 Å². The van der Waals surface area contributed by atoms with Gasteiger partial charge in [-0.2, -0.15) is 0 Å². The van der Waals surface area contributed by atoms with Gasteiger partial charge in [-0.3, -0.25) is 24.0 Å². The molecule has 0 radical (unpaired) electrons. The van der Waals surface area contributed by atoms with E-state index in [1.807, 2.05) is 0 Å². The van der Waals surface area contributed by atoms with Gasteiger partial charge >= 0.3 is 5.69 Å². The van der Waals surface area contributed by atoms with Crippen molar-refractivity contribution in [1.82, 2.24) is 9.13 Å². The molecule has 9 nitrogen and oxygen atoms in total. The highest BCUT2D eigenvalue weighted by molar-refractivity contribution is 5.47. The van der Waals surface area contributed by atoms with Crippen LogP contribution in [0.3, 0.4) is 0 Å². The highest BCUT2D eigenvalue weighted by Crippen LogP contribution is 2.32. The summed E-state index contributed by atoms with van der Waals surface area (Å²) in [5.74, 6) is -0.525. The van der Waals surface area contributed by atoms with E-state index in [2.05, 4.69) is 0 Å². The first-order chi connectivity index (χ1) is 11.7. The minimum absolute atomic E-state index is 0.0158. The Morgan fingerprint density at radius 1 is 1.24 bits per heavy atom. The molecule has 2 rings (SSSR count). The van der Waals surface area contributed by atoms with Gasteiger partial charge in [-0.15, -0.1) is 0 Å². The Balaban J connectivity index is 2.85. The zero-order chi connectivity index (χ0) is 18.9. The molecule has 0 saturated carbocycles. The molecule has 0 amide bonds. The second kappa shape index (κ2) is 6.80. The zero-order valence-corrected chi connectivity index (χ0v) is 14.4. The van der Waals surface area contributed by atoms with E-state index < -0.39 is 28.1 Å². The Morgan fingerprint density at radius 3 is 2.44 bits per heavy atom. The highest BCUT2D eigenvalue weighted by Gasteiger charge is 2.35. The predicted molar refractivity (Wildman–Crippen MR) is 92.6 cm³/mol. The van der Waals surface area contributed by atoms with E-state index in [-0.39, 0.29) is 11.4 Å². The second-order valence-electron chi connectivity index (χ2n) is 5.78. The number of rotatable bonds is 5. The molecule has 0 fully saturated rings. The Hall–Kier alpha value is -3.10. The van der Waals surface area contributed by atoms with Crippen LogP contribution >= 0.6 is 0 Å². The van der Waals surface area contributed by atoms with Crippen LogP contribution in [0.4, 0.5) is 5.82 Å². The SMILES string of the molecule is COc1cccc([C@H](c2c(N)n(C)c(=O)n(C)c2=O)[C@@H](C)[N+](=O)[O-])c1. The first-order valence-electron chi connectivity index (χ1n) is 7.53. The van der Waals surface area contributed by atoms with Crippen LogP contribution in [-0.2, 0) is 14.1 Å². The average Bonchev–Trinajstić information content (AvgIpc) is 2.61. The van der Waals surface area contributed by atoms with Gasteiger partial charge in [-0.05, 0) is 17.7 Å². The lowest BCUT2D eigenvalue weighted by atomic mass is 9.86. The van der Waals surface area contributed by atoms with Crippen molar-refractivity contribution >= 4 is 5.82 Å². The van der Waals surface area contributed by atoms with Crippen LogP contribution in [0.25, 0.3) is 0 Å². The number of benzene rings is 1. The molecular formula is C16H20N4O5. The van der Waals surface area contributed by atoms with Gasteiger partial charge in [-0.1, -0.05) is 12.1 Å². The van der Waals surface area contributed by atoms with Gasteiger partial charge in [0.05, 0.1) is 18.6 Å². The van der Waals surface area contributed by atoms with Gasteiger partial charge in [0.2, 0.25) is 6.04 Å². The van der Waals surface area contributed by atoms with Crippen LogP contribution in [0.2, 0.25) is 0 Å². The quantitative estimate of drug-likeness (QED) is 0.619. The third kappa shape index (κ3) is 3.12. The highest BCUT2D eigenvalue weighted by atomic mass is 16.6. The lowest BCUT2D eigenvalue weighted by Gasteiger charge is -2.22. The van der Waals surface area contributed by atoms with Crippen LogP contribution in [0.5, 0.6) is 5.75 Å². The van der Waals surface area contributed by atoms with Crippen molar-refractivity contribution in [3.63, 3.8) is 0 Å². The zero-order valence-electron chi connectivity index (χ0n) is 14.4. The Labute approximate surface area is 143 Å². The van der Waals surface area contributed by atoms with Gasteiger partial charge in [0, 0.05) is 25.9 Å². The number of aromatic nitrogens is 2. The number of anilines is 1. The third-order valence-electron chi connectivity index (χ3n) is 4.33. The van der Waals surface area contributed by atoms with Crippen molar-refractivity contribution < 1.29 is 9.66 Å². The summed E-state index contributed by atoms with van der Waals surface area (Å²) in [5.41, 5.74) is 5.27. The number of nitrogens with zero attached hydrogens (tertiary/aromatic N) is 3. The minimum atomic E-state index is -1.14. The molecular weight excluding hydrogens is 328 g/mol. The molecule has 2 atom stereocenters. The van der Waals surface area contributed by atoms with Gasteiger partial charge in [0.25, 0.3) is 5.56 Å². The fourth-order valence-corrected chi connectivity index (χ4v) is 2.82. The largest absolute Gasteiger partial charge is 0.497 e. The van der Waals surface area contributed by atoms with Crippen molar-refractivity contribution in [2.75, 3.05) is 12.8 Å². The van der Waals surface area contributed by atoms with Crippen molar-refractivity contribution in [3.8, 4) is 5.75 Å². The number of methoxy groups -OCH3 is 1. The molecule has 0 bridgehead atoms. The first kappa shape index (κ1) is 18.2. The predicted octanol–water partition coefficient (Wildman–Crippen LogP) is 0.472. The summed E-state index contributed by atoms with van der Waals surface area (Å²) in [5, 5.41) is 11.5. The summed E-state index contributed by atoms with van der Waals surface area (Å²) >= 11 is 0. The summed E-state index contributed by atoms with van der Waals surface area (Å²) < 4.78 is 7.17. The summed E-state index contributed by atoms with van der Waals surface area (Å²) in [4.78, 5) is 35.7. The fraction of sp³-hybridized carbons (Fsp3) is 0.375. The van der Waals surface area contributed by atoms with Crippen molar-refractivity contribution in [3.05, 3.63) is 66.3 Å². The molecule has 2 aromatic rings.